The molecule has 0 bridgehead atoms. The topological polar surface area (TPSA) is 55.8 Å². The number of pyridine rings is 1. The van der Waals surface area contributed by atoms with E-state index in [0.717, 1.165) is 62.9 Å². The molecule has 0 spiro atoms. The Labute approximate surface area is 201 Å². The minimum absolute atomic E-state index is 0. The van der Waals surface area contributed by atoms with E-state index in [-0.39, 0.29) is 24.0 Å². The lowest BCUT2D eigenvalue weighted by Gasteiger charge is -2.33. The van der Waals surface area contributed by atoms with Crippen LogP contribution in [0.5, 0.6) is 0 Å². The van der Waals surface area contributed by atoms with Crippen LogP contribution in [0.2, 0.25) is 0 Å². The van der Waals surface area contributed by atoms with Gasteiger partial charge in [-0.2, -0.15) is 0 Å². The number of piperidine rings is 1. The Kier molecular flexibility index (Phi) is 9.05. The van der Waals surface area contributed by atoms with E-state index in [4.69, 9.17) is 4.99 Å². The number of rotatable bonds is 6. The van der Waals surface area contributed by atoms with Crippen molar-refractivity contribution in [2.75, 3.05) is 42.5 Å². The lowest BCUT2D eigenvalue weighted by Crippen LogP contribution is -2.48. The van der Waals surface area contributed by atoms with Crippen LogP contribution in [0.4, 0.5) is 10.8 Å². The summed E-state index contributed by atoms with van der Waals surface area (Å²) in [5, 5.41) is 10.6. The zero-order chi connectivity index (χ0) is 19.9. The first kappa shape index (κ1) is 23.1. The fourth-order valence-corrected chi connectivity index (χ4v) is 4.81. The number of anilines is 2. The third kappa shape index (κ3) is 6.23. The van der Waals surface area contributed by atoms with E-state index in [1.165, 1.54) is 17.8 Å². The third-order valence-corrected chi connectivity index (χ3v) is 6.59. The van der Waals surface area contributed by atoms with Crippen molar-refractivity contribution in [1.82, 2.24) is 15.6 Å². The Morgan fingerprint density at radius 3 is 2.57 bits per heavy atom. The Balaban J connectivity index is 0.00000256. The second-order valence-electron chi connectivity index (χ2n) is 7.77. The van der Waals surface area contributed by atoms with E-state index in [9.17, 15) is 0 Å². The van der Waals surface area contributed by atoms with E-state index < -0.39 is 0 Å². The van der Waals surface area contributed by atoms with Gasteiger partial charge in [-0.25, -0.2) is 9.98 Å². The molecule has 0 radical (unpaired) electrons. The molecule has 0 saturated carbocycles. The van der Waals surface area contributed by atoms with Crippen molar-refractivity contribution in [1.29, 1.82) is 0 Å². The minimum atomic E-state index is 0. The average Bonchev–Trinajstić information content (AvgIpc) is 3.47. The van der Waals surface area contributed by atoms with E-state index in [1.54, 1.807) is 0 Å². The summed E-state index contributed by atoms with van der Waals surface area (Å²) in [5.41, 5.74) is 1.15. The van der Waals surface area contributed by atoms with Crippen LogP contribution in [0.25, 0.3) is 0 Å². The van der Waals surface area contributed by atoms with Crippen LogP contribution in [-0.4, -0.2) is 49.7 Å². The first-order valence-electron chi connectivity index (χ1n) is 10.8. The molecule has 2 N–H and O–H groups in total. The summed E-state index contributed by atoms with van der Waals surface area (Å²) in [6.07, 6.45) is 6.79. The predicted octanol–water partition coefficient (Wildman–Crippen LogP) is 4.09. The normalized spacial score (nSPS) is 17.7. The number of thiophene rings is 1. The highest BCUT2D eigenvalue weighted by atomic mass is 127. The largest absolute Gasteiger partial charge is 0.363 e. The van der Waals surface area contributed by atoms with Crippen LogP contribution in [-0.2, 0) is 6.54 Å². The highest BCUT2D eigenvalue weighted by molar-refractivity contribution is 14.0. The van der Waals surface area contributed by atoms with E-state index in [0.29, 0.717) is 12.6 Å². The molecular weight excluding hydrogens is 507 g/mol. The summed E-state index contributed by atoms with van der Waals surface area (Å²) in [6.45, 7) is 8.08. The molecule has 6 nitrogen and oxygen atoms in total. The fraction of sp³-hybridized carbons (Fsp3) is 0.545. The van der Waals surface area contributed by atoms with Crippen molar-refractivity contribution < 1.29 is 0 Å². The second kappa shape index (κ2) is 11.7. The molecule has 2 aliphatic rings. The maximum atomic E-state index is 4.80. The van der Waals surface area contributed by atoms with Gasteiger partial charge in [0.25, 0.3) is 0 Å². The molecule has 2 saturated heterocycles. The summed E-state index contributed by atoms with van der Waals surface area (Å²) in [5.74, 6) is 2.00. The molecule has 4 heterocycles. The summed E-state index contributed by atoms with van der Waals surface area (Å²) < 4.78 is 0. The van der Waals surface area contributed by atoms with Crippen molar-refractivity contribution in [3.63, 3.8) is 0 Å². The van der Waals surface area contributed by atoms with Gasteiger partial charge < -0.3 is 20.4 Å². The van der Waals surface area contributed by atoms with Crippen LogP contribution in [0.15, 0.2) is 40.8 Å². The summed E-state index contributed by atoms with van der Waals surface area (Å²) in [4.78, 5) is 14.3. The van der Waals surface area contributed by atoms with Gasteiger partial charge in [0.2, 0.25) is 0 Å². The number of nitrogens with zero attached hydrogens (tertiary/aromatic N) is 4. The average molecular weight is 541 g/mol. The van der Waals surface area contributed by atoms with Gasteiger partial charge in [-0.05, 0) is 61.7 Å². The molecule has 2 aromatic heterocycles. The lowest BCUT2D eigenvalue weighted by atomic mass is 10.1. The number of aromatic nitrogens is 1. The minimum Gasteiger partial charge on any atom is -0.363 e. The zero-order valence-corrected chi connectivity index (χ0v) is 20.9. The number of aliphatic imine (C=N–C) groups is 1. The molecule has 0 unspecified atom stereocenters. The van der Waals surface area contributed by atoms with Crippen molar-refractivity contribution in [3.05, 3.63) is 41.4 Å². The van der Waals surface area contributed by atoms with Gasteiger partial charge in [-0.3, -0.25) is 0 Å². The molecule has 164 valence electrons. The van der Waals surface area contributed by atoms with E-state index in [2.05, 4.69) is 62.0 Å². The molecule has 0 aliphatic carbocycles. The van der Waals surface area contributed by atoms with E-state index >= 15 is 0 Å². The van der Waals surface area contributed by atoms with Gasteiger partial charge >= 0.3 is 0 Å². The molecular formula is C22H33IN6S. The molecule has 2 aliphatic heterocycles. The van der Waals surface area contributed by atoms with Crippen LogP contribution < -0.4 is 20.4 Å². The third-order valence-electron chi connectivity index (χ3n) is 5.66. The fourth-order valence-electron chi connectivity index (χ4n) is 4.02. The van der Waals surface area contributed by atoms with Crippen LogP contribution in [0.1, 0.15) is 38.2 Å². The molecule has 2 aromatic rings. The Bertz CT molecular complexity index is 765. The van der Waals surface area contributed by atoms with Crippen molar-refractivity contribution >= 4 is 52.1 Å². The first-order chi connectivity index (χ1) is 14.3. The zero-order valence-electron chi connectivity index (χ0n) is 17.7. The molecule has 2 fully saturated rings. The summed E-state index contributed by atoms with van der Waals surface area (Å²) in [6, 6.07) is 9.11. The van der Waals surface area contributed by atoms with Crippen molar-refractivity contribution in [2.24, 2.45) is 4.99 Å². The number of nitrogens with one attached hydrogen (secondary N) is 2. The molecule has 4 rings (SSSR count). The predicted molar refractivity (Wildman–Crippen MR) is 139 cm³/mol. The summed E-state index contributed by atoms with van der Waals surface area (Å²) >= 11 is 1.83. The smallest absolute Gasteiger partial charge is 0.191 e. The Morgan fingerprint density at radius 2 is 1.93 bits per heavy atom. The van der Waals surface area contributed by atoms with Crippen LogP contribution >= 0.6 is 35.3 Å². The standard InChI is InChI=1S/C22H32N6S.HI/c1-2-23-22(26-19-9-13-28(14-10-19)21-6-5-15-29-21)25-17-18-7-8-20(24-16-18)27-11-3-4-12-27;/h5-8,15-16,19H,2-4,9-14,17H2,1H3,(H2,23,25,26);1H. The lowest BCUT2D eigenvalue weighted by molar-refractivity contribution is 0.463. The highest BCUT2D eigenvalue weighted by Crippen LogP contribution is 2.24. The molecule has 0 aromatic carbocycles. The van der Waals surface area contributed by atoms with Crippen molar-refractivity contribution in [2.45, 2.75) is 45.2 Å². The monoisotopic (exact) mass is 540 g/mol. The highest BCUT2D eigenvalue weighted by Gasteiger charge is 2.20. The van der Waals surface area contributed by atoms with Gasteiger partial charge in [-0.15, -0.1) is 35.3 Å². The van der Waals surface area contributed by atoms with E-state index in [1.807, 2.05) is 17.5 Å². The van der Waals surface area contributed by atoms with Crippen LogP contribution in [0, 0.1) is 0 Å². The molecule has 0 atom stereocenters. The first-order valence-corrected chi connectivity index (χ1v) is 11.7. The quantitative estimate of drug-likeness (QED) is 0.329. The second-order valence-corrected chi connectivity index (χ2v) is 8.70. The van der Waals surface area contributed by atoms with Gasteiger partial charge in [0.05, 0.1) is 11.5 Å². The van der Waals surface area contributed by atoms with Gasteiger partial charge in [-0.1, -0.05) is 6.07 Å². The molecule has 8 heteroatoms. The maximum Gasteiger partial charge on any atom is 0.191 e. The Hall–Kier alpha value is -1.55. The molecule has 0 amide bonds. The van der Waals surface area contributed by atoms with Crippen LogP contribution in [0.3, 0.4) is 0 Å². The maximum absolute atomic E-state index is 4.80. The number of hydrogen-bond donors (Lipinski definition) is 2. The number of halogens is 1. The van der Waals surface area contributed by atoms with Crippen molar-refractivity contribution in [3.8, 4) is 0 Å². The van der Waals surface area contributed by atoms with Gasteiger partial charge in [0, 0.05) is 45.0 Å². The number of hydrogen-bond acceptors (Lipinski definition) is 5. The summed E-state index contributed by atoms with van der Waals surface area (Å²) in [7, 11) is 0. The Morgan fingerprint density at radius 1 is 1.13 bits per heavy atom. The SMILES string of the molecule is CCNC(=NCc1ccc(N2CCCC2)nc1)NC1CCN(c2cccs2)CC1.I. The molecule has 30 heavy (non-hydrogen) atoms. The van der Waals surface area contributed by atoms with Gasteiger partial charge in [0.1, 0.15) is 5.82 Å². The number of guanidine groups is 1. The van der Waals surface area contributed by atoms with Gasteiger partial charge in [0.15, 0.2) is 5.96 Å².